The smallest absolute Gasteiger partial charge is 0.335 e. The van der Waals surface area contributed by atoms with Gasteiger partial charge >= 0.3 is 5.97 Å². The summed E-state index contributed by atoms with van der Waals surface area (Å²) in [5, 5.41) is 21.3. The average Bonchev–Trinajstić information content (AvgIpc) is 3.09. The number of benzene rings is 2. The average molecular weight is 442 g/mol. The molecular weight excluding hydrogens is 414 g/mol. The van der Waals surface area contributed by atoms with Gasteiger partial charge in [0.25, 0.3) is 5.91 Å². The Morgan fingerprint density at radius 2 is 1.85 bits per heavy atom. The van der Waals surface area contributed by atoms with Crippen molar-refractivity contribution in [1.29, 1.82) is 5.26 Å². The van der Waals surface area contributed by atoms with Gasteiger partial charge in [0.2, 0.25) is 0 Å². The van der Waals surface area contributed by atoms with Crippen molar-refractivity contribution in [1.82, 2.24) is 4.57 Å². The Hall–Kier alpha value is -4.11. The first-order chi connectivity index (χ1) is 15.8. The van der Waals surface area contributed by atoms with Gasteiger partial charge in [-0.2, -0.15) is 5.26 Å². The summed E-state index contributed by atoms with van der Waals surface area (Å²) >= 11 is 0. The van der Waals surface area contributed by atoms with Crippen LogP contribution in [0.15, 0.2) is 60.2 Å². The van der Waals surface area contributed by atoms with Crippen LogP contribution in [0.3, 0.4) is 0 Å². The van der Waals surface area contributed by atoms with Crippen LogP contribution in [-0.4, -0.2) is 21.6 Å². The lowest BCUT2D eigenvalue weighted by Crippen LogP contribution is -2.14. The van der Waals surface area contributed by atoms with Gasteiger partial charge in [0.15, 0.2) is 0 Å². The number of nitriles is 1. The van der Waals surface area contributed by atoms with E-state index >= 15 is 0 Å². The van der Waals surface area contributed by atoms with Crippen LogP contribution in [0.5, 0.6) is 0 Å². The molecule has 0 aliphatic carbocycles. The molecule has 33 heavy (non-hydrogen) atoms. The minimum atomic E-state index is -1.09. The highest BCUT2D eigenvalue weighted by atomic mass is 16.4. The number of hydrogen-bond donors (Lipinski definition) is 2. The number of aryl methyl sites for hydroxylation is 2. The van der Waals surface area contributed by atoms with E-state index in [9.17, 15) is 14.9 Å². The lowest BCUT2D eigenvalue weighted by Gasteiger charge is -2.11. The topological polar surface area (TPSA) is 95.1 Å². The Morgan fingerprint density at radius 1 is 1.12 bits per heavy atom. The van der Waals surface area contributed by atoms with Crippen LogP contribution in [0.25, 0.3) is 11.8 Å². The number of amides is 1. The van der Waals surface area contributed by atoms with Crippen LogP contribution in [0.2, 0.25) is 0 Å². The monoisotopic (exact) mass is 441 g/mol. The zero-order chi connectivity index (χ0) is 24.0. The highest BCUT2D eigenvalue weighted by molar-refractivity contribution is 6.10. The van der Waals surface area contributed by atoms with Gasteiger partial charge in [-0.05, 0) is 80.3 Å². The molecule has 0 aliphatic rings. The predicted molar refractivity (Wildman–Crippen MR) is 129 cm³/mol. The predicted octanol–water partition coefficient (Wildman–Crippen LogP) is 5.68. The van der Waals surface area contributed by atoms with Crippen LogP contribution in [0.4, 0.5) is 5.69 Å². The number of unbranched alkanes of at least 4 members (excludes halogenated alkanes) is 1. The maximum absolute atomic E-state index is 12.7. The third-order valence-corrected chi connectivity index (χ3v) is 5.52. The summed E-state index contributed by atoms with van der Waals surface area (Å²) in [5.74, 6) is -1.68. The fourth-order valence-corrected chi connectivity index (χ4v) is 3.76. The van der Waals surface area contributed by atoms with Crippen molar-refractivity contribution in [2.45, 2.75) is 40.0 Å². The lowest BCUT2D eigenvalue weighted by atomic mass is 10.1. The van der Waals surface area contributed by atoms with E-state index in [2.05, 4.69) is 41.1 Å². The molecule has 1 heterocycles. The number of carbonyl (C=O) groups is 2. The maximum atomic E-state index is 12.7. The van der Waals surface area contributed by atoms with E-state index in [0.29, 0.717) is 5.69 Å². The van der Waals surface area contributed by atoms with Crippen LogP contribution in [0.1, 0.15) is 52.6 Å². The number of nitrogens with zero attached hydrogens (tertiary/aromatic N) is 2. The van der Waals surface area contributed by atoms with E-state index < -0.39 is 11.9 Å². The number of nitrogens with one attached hydrogen (secondary N) is 1. The van der Waals surface area contributed by atoms with E-state index in [0.717, 1.165) is 41.9 Å². The van der Waals surface area contributed by atoms with Crippen molar-refractivity contribution in [3.05, 3.63) is 88.2 Å². The molecule has 3 aromatic rings. The maximum Gasteiger partial charge on any atom is 0.335 e. The van der Waals surface area contributed by atoms with Crippen molar-refractivity contribution >= 4 is 23.6 Å². The standard InChI is InChI=1S/C27H27N3O3/c1-4-5-7-20-10-12-25(13-11-20)30-18(2)14-22(19(30)3)15-23(17-28)26(31)29-24-9-6-8-21(16-24)27(32)33/h6,8-16H,4-5,7H2,1-3H3,(H,29,31)(H,32,33)/b23-15-. The van der Waals surface area contributed by atoms with Gasteiger partial charge in [-0.15, -0.1) is 0 Å². The molecule has 2 aromatic carbocycles. The van der Waals surface area contributed by atoms with Crippen LogP contribution >= 0.6 is 0 Å². The number of carboxylic acids is 1. The molecule has 0 atom stereocenters. The molecule has 0 spiro atoms. The third kappa shape index (κ3) is 5.58. The fraction of sp³-hybridized carbons (Fsp3) is 0.222. The first-order valence-electron chi connectivity index (χ1n) is 10.9. The number of carbonyl (C=O) groups excluding carboxylic acids is 1. The third-order valence-electron chi connectivity index (χ3n) is 5.52. The summed E-state index contributed by atoms with van der Waals surface area (Å²) < 4.78 is 2.10. The minimum Gasteiger partial charge on any atom is -0.478 e. The molecule has 0 saturated carbocycles. The molecule has 0 aliphatic heterocycles. The van der Waals surface area contributed by atoms with Gasteiger partial charge in [-0.25, -0.2) is 4.79 Å². The first kappa shape index (κ1) is 23.6. The van der Waals surface area contributed by atoms with Gasteiger partial charge in [0.05, 0.1) is 5.56 Å². The van der Waals surface area contributed by atoms with E-state index in [4.69, 9.17) is 5.11 Å². The molecule has 3 rings (SSSR count). The normalized spacial score (nSPS) is 11.2. The molecule has 6 heteroatoms. The molecule has 2 N–H and O–H groups in total. The van der Waals surface area contributed by atoms with Crippen molar-refractivity contribution in [2.24, 2.45) is 0 Å². The quantitative estimate of drug-likeness (QED) is 0.347. The zero-order valence-corrected chi connectivity index (χ0v) is 19.1. The summed E-state index contributed by atoms with van der Waals surface area (Å²) in [6.07, 6.45) is 4.94. The highest BCUT2D eigenvalue weighted by Crippen LogP contribution is 2.24. The molecule has 0 saturated heterocycles. The molecule has 0 bridgehead atoms. The summed E-state index contributed by atoms with van der Waals surface area (Å²) in [7, 11) is 0. The Morgan fingerprint density at radius 3 is 2.48 bits per heavy atom. The van der Waals surface area contributed by atoms with Gasteiger partial charge in [-0.3, -0.25) is 4.79 Å². The largest absolute Gasteiger partial charge is 0.478 e. The zero-order valence-electron chi connectivity index (χ0n) is 19.1. The number of rotatable bonds is 8. The van der Waals surface area contributed by atoms with Gasteiger partial charge in [0.1, 0.15) is 11.6 Å². The Balaban J connectivity index is 1.86. The molecule has 1 amide bonds. The van der Waals surface area contributed by atoms with Gasteiger partial charge in [0, 0.05) is 22.8 Å². The summed E-state index contributed by atoms with van der Waals surface area (Å²) in [5.41, 5.74) is 5.32. The molecular formula is C27H27N3O3. The number of anilines is 1. The fourth-order valence-electron chi connectivity index (χ4n) is 3.76. The SMILES string of the molecule is CCCCc1ccc(-n2c(C)cc(/C=C(/C#N)C(=O)Nc3cccc(C(=O)O)c3)c2C)cc1. The van der Waals surface area contributed by atoms with E-state index in [1.54, 1.807) is 12.1 Å². The molecule has 1 aromatic heterocycles. The van der Waals surface area contributed by atoms with Crippen molar-refractivity contribution < 1.29 is 14.7 Å². The van der Waals surface area contributed by atoms with Crippen molar-refractivity contribution in [3.8, 4) is 11.8 Å². The lowest BCUT2D eigenvalue weighted by molar-refractivity contribution is -0.112. The van der Waals surface area contributed by atoms with Gasteiger partial charge < -0.3 is 15.0 Å². The Labute approximate surface area is 193 Å². The van der Waals surface area contributed by atoms with Crippen molar-refractivity contribution in [2.75, 3.05) is 5.32 Å². The summed E-state index contributed by atoms with van der Waals surface area (Å²) in [4.78, 5) is 23.8. The summed E-state index contributed by atoms with van der Waals surface area (Å²) in [6.45, 7) is 6.12. The van der Waals surface area contributed by atoms with Crippen LogP contribution in [-0.2, 0) is 11.2 Å². The number of aromatic carboxylic acids is 1. The van der Waals surface area contributed by atoms with Crippen LogP contribution < -0.4 is 5.32 Å². The second-order valence-corrected chi connectivity index (χ2v) is 7.94. The second kappa shape index (κ2) is 10.5. The molecule has 0 unspecified atom stereocenters. The van der Waals surface area contributed by atoms with E-state index in [1.165, 1.54) is 23.8 Å². The molecule has 0 radical (unpaired) electrons. The highest BCUT2D eigenvalue weighted by Gasteiger charge is 2.15. The summed E-state index contributed by atoms with van der Waals surface area (Å²) in [6, 6.07) is 18.3. The number of aromatic nitrogens is 1. The molecule has 0 fully saturated rings. The minimum absolute atomic E-state index is 0.0551. The Bertz CT molecular complexity index is 1240. The van der Waals surface area contributed by atoms with E-state index in [-0.39, 0.29) is 11.1 Å². The molecule has 6 nitrogen and oxygen atoms in total. The van der Waals surface area contributed by atoms with E-state index in [1.807, 2.05) is 26.0 Å². The molecule has 168 valence electrons. The Kier molecular flexibility index (Phi) is 7.47. The second-order valence-electron chi connectivity index (χ2n) is 7.94. The van der Waals surface area contributed by atoms with Crippen molar-refractivity contribution in [3.63, 3.8) is 0 Å². The number of carboxylic acid groups (broad SMARTS) is 1. The number of hydrogen-bond acceptors (Lipinski definition) is 3. The van der Waals surface area contributed by atoms with Crippen LogP contribution in [0, 0.1) is 25.2 Å². The first-order valence-corrected chi connectivity index (χ1v) is 10.9. The van der Waals surface area contributed by atoms with Gasteiger partial charge in [-0.1, -0.05) is 31.5 Å².